The van der Waals surface area contributed by atoms with Crippen LogP contribution in [0, 0.1) is 23.3 Å². The number of imidazole rings is 1. The van der Waals surface area contributed by atoms with Crippen LogP contribution >= 0.6 is 0 Å². The Kier molecular flexibility index (Phi) is 2.77. The van der Waals surface area contributed by atoms with Gasteiger partial charge in [-0.1, -0.05) is 0 Å². The Balaban J connectivity index is 2.69. The molecular formula is C10H5F4N3O. The molecule has 0 fully saturated rings. The van der Waals surface area contributed by atoms with Crippen molar-refractivity contribution in [2.75, 3.05) is 5.73 Å². The van der Waals surface area contributed by atoms with Crippen LogP contribution < -0.4 is 5.73 Å². The van der Waals surface area contributed by atoms with Gasteiger partial charge in [0.2, 0.25) is 0 Å². The zero-order valence-electron chi connectivity index (χ0n) is 8.62. The molecule has 1 heterocycles. The zero-order valence-corrected chi connectivity index (χ0v) is 8.62. The van der Waals surface area contributed by atoms with Crippen molar-refractivity contribution in [1.29, 1.82) is 0 Å². The lowest BCUT2D eigenvalue weighted by Gasteiger charge is -2.08. The van der Waals surface area contributed by atoms with Gasteiger partial charge in [0, 0.05) is 12.4 Å². The molecule has 2 rings (SSSR count). The molecule has 4 nitrogen and oxygen atoms in total. The molecule has 8 heteroatoms. The highest BCUT2D eigenvalue weighted by atomic mass is 19.2. The molecule has 18 heavy (non-hydrogen) atoms. The van der Waals surface area contributed by atoms with Gasteiger partial charge in [-0.2, -0.15) is 0 Å². The van der Waals surface area contributed by atoms with Crippen LogP contribution in [0.4, 0.5) is 23.2 Å². The van der Waals surface area contributed by atoms with Crippen LogP contribution in [-0.4, -0.2) is 15.5 Å². The van der Waals surface area contributed by atoms with E-state index in [9.17, 15) is 22.4 Å². The van der Waals surface area contributed by atoms with Gasteiger partial charge in [0.15, 0.2) is 23.3 Å². The lowest BCUT2D eigenvalue weighted by Crippen LogP contribution is -2.18. The molecule has 0 radical (unpaired) electrons. The number of carbonyl (C=O) groups is 1. The zero-order chi connectivity index (χ0) is 13.4. The standard InChI is InChI=1S/C10H5F4N3O/c11-5-4(10(18)17-2-1-16-3-17)6(12)8(14)9(15)7(5)13/h1-3H,15H2. The van der Waals surface area contributed by atoms with E-state index >= 15 is 0 Å². The van der Waals surface area contributed by atoms with E-state index in [1.54, 1.807) is 0 Å². The van der Waals surface area contributed by atoms with Gasteiger partial charge in [-0.05, 0) is 0 Å². The molecule has 0 saturated heterocycles. The summed E-state index contributed by atoms with van der Waals surface area (Å²) in [6.07, 6.45) is 3.18. The number of hydrogen-bond donors (Lipinski definition) is 1. The van der Waals surface area contributed by atoms with Crippen LogP contribution in [0.25, 0.3) is 0 Å². The molecule has 0 amide bonds. The van der Waals surface area contributed by atoms with Crippen molar-refractivity contribution >= 4 is 11.6 Å². The average Bonchev–Trinajstić information content (AvgIpc) is 2.88. The molecule has 94 valence electrons. The first-order chi connectivity index (χ1) is 8.45. The van der Waals surface area contributed by atoms with Gasteiger partial charge in [0.25, 0.3) is 5.91 Å². The van der Waals surface area contributed by atoms with Crippen molar-refractivity contribution in [3.8, 4) is 0 Å². The van der Waals surface area contributed by atoms with Crippen molar-refractivity contribution < 1.29 is 22.4 Å². The third-order valence-corrected chi connectivity index (χ3v) is 2.25. The van der Waals surface area contributed by atoms with Gasteiger partial charge in [0.05, 0.1) is 0 Å². The first kappa shape index (κ1) is 12.1. The van der Waals surface area contributed by atoms with Crippen LogP contribution in [-0.2, 0) is 0 Å². The summed E-state index contributed by atoms with van der Waals surface area (Å²) in [5.41, 5.74) is 2.13. The lowest BCUT2D eigenvalue weighted by atomic mass is 10.1. The van der Waals surface area contributed by atoms with Gasteiger partial charge in [-0.15, -0.1) is 0 Å². The fourth-order valence-corrected chi connectivity index (χ4v) is 1.34. The number of aromatic nitrogens is 2. The van der Waals surface area contributed by atoms with Crippen LogP contribution in [0.3, 0.4) is 0 Å². The Labute approximate surface area is 97.7 Å². The quantitative estimate of drug-likeness (QED) is 0.482. The molecule has 0 aliphatic carbocycles. The van der Waals surface area contributed by atoms with Crippen LogP contribution in [0.15, 0.2) is 18.7 Å². The Morgan fingerprint density at radius 2 is 1.67 bits per heavy atom. The number of rotatable bonds is 1. The number of halogens is 4. The van der Waals surface area contributed by atoms with Crippen molar-refractivity contribution in [3.63, 3.8) is 0 Å². The molecule has 0 spiro atoms. The summed E-state index contributed by atoms with van der Waals surface area (Å²) in [6.45, 7) is 0. The van der Waals surface area contributed by atoms with E-state index in [0.29, 0.717) is 4.57 Å². The van der Waals surface area contributed by atoms with E-state index in [1.807, 2.05) is 0 Å². The highest BCUT2D eigenvalue weighted by Gasteiger charge is 2.28. The van der Waals surface area contributed by atoms with Gasteiger partial charge in [-0.3, -0.25) is 9.36 Å². The first-order valence-corrected chi connectivity index (χ1v) is 4.59. The number of nitrogens with two attached hydrogens (primary N) is 1. The van der Waals surface area contributed by atoms with E-state index in [4.69, 9.17) is 5.73 Å². The fraction of sp³-hybridized carbons (Fsp3) is 0. The molecular weight excluding hydrogens is 254 g/mol. The molecule has 2 aromatic rings. The number of benzene rings is 1. The first-order valence-electron chi connectivity index (χ1n) is 4.59. The maximum atomic E-state index is 13.4. The minimum atomic E-state index is -1.84. The van der Waals surface area contributed by atoms with Crippen molar-refractivity contribution in [2.45, 2.75) is 0 Å². The smallest absolute Gasteiger partial charge is 0.269 e. The summed E-state index contributed by atoms with van der Waals surface area (Å²) >= 11 is 0. The summed E-state index contributed by atoms with van der Waals surface area (Å²) in [7, 11) is 0. The van der Waals surface area contributed by atoms with Crippen molar-refractivity contribution in [2.24, 2.45) is 0 Å². The fourth-order valence-electron chi connectivity index (χ4n) is 1.34. The Hall–Kier alpha value is -2.38. The van der Waals surface area contributed by atoms with E-state index in [0.717, 1.165) is 18.7 Å². The number of nitrogen functional groups attached to an aromatic ring is 1. The maximum Gasteiger partial charge on any atom is 0.269 e. The summed E-state index contributed by atoms with van der Waals surface area (Å²) in [4.78, 5) is 15.1. The highest BCUT2D eigenvalue weighted by molar-refractivity contribution is 5.96. The van der Waals surface area contributed by atoms with Crippen LogP contribution in [0.1, 0.15) is 10.4 Å². The largest absolute Gasteiger partial charge is 0.394 e. The molecule has 0 unspecified atom stereocenters. The van der Waals surface area contributed by atoms with Crippen molar-refractivity contribution in [3.05, 3.63) is 47.6 Å². The Morgan fingerprint density at radius 3 is 2.11 bits per heavy atom. The minimum absolute atomic E-state index is 0.677. The Bertz CT molecular complexity index is 596. The summed E-state index contributed by atoms with van der Waals surface area (Å²) in [5.74, 6) is -8.59. The van der Waals surface area contributed by atoms with E-state index in [-0.39, 0.29) is 0 Å². The average molecular weight is 259 g/mol. The highest BCUT2D eigenvalue weighted by Crippen LogP contribution is 2.26. The van der Waals surface area contributed by atoms with E-state index in [1.165, 1.54) is 0 Å². The second-order valence-electron chi connectivity index (χ2n) is 3.32. The summed E-state index contributed by atoms with van der Waals surface area (Å²) in [5, 5.41) is 0. The predicted molar refractivity (Wildman–Crippen MR) is 52.6 cm³/mol. The predicted octanol–water partition coefficient (Wildman–Crippen LogP) is 1.71. The lowest BCUT2D eigenvalue weighted by molar-refractivity contribution is 0.0949. The second kappa shape index (κ2) is 4.13. The van der Waals surface area contributed by atoms with Gasteiger partial charge in [0.1, 0.15) is 17.6 Å². The van der Waals surface area contributed by atoms with Crippen LogP contribution in [0.2, 0.25) is 0 Å². The normalized spacial score (nSPS) is 10.7. The summed E-state index contributed by atoms with van der Waals surface area (Å²) < 4.78 is 53.8. The molecule has 0 atom stereocenters. The van der Waals surface area contributed by atoms with E-state index < -0.39 is 40.4 Å². The number of hydrogen-bond acceptors (Lipinski definition) is 3. The molecule has 0 aliphatic rings. The van der Waals surface area contributed by atoms with Gasteiger partial charge >= 0.3 is 0 Å². The third-order valence-electron chi connectivity index (χ3n) is 2.25. The SMILES string of the molecule is Nc1c(F)c(F)c(C(=O)n2ccnc2)c(F)c1F. The molecule has 2 N–H and O–H groups in total. The van der Waals surface area contributed by atoms with Crippen molar-refractivity contribution in [1.82, 2.24) is 9.55 Å². The molecule has 0 aliphatic heterocycles. The molecule has 1 aromatic heterocycles. The second-order valence-corrected chi connectivity index (χ2v) is 3.32. The van der Waals surface area contributed by atoms with E-state index in [2.05, 4.69) is 4.98 Å². The van der Waals surface area contributed by atoms with Gasteiger partial charge < -0.3 is 5.73 Å². The van der Waals surface area contributed by atoms with Gasteiger partial charge in [-0.25, -0.2) is 22.5 Å². The molecule has 0 bridgehead atoms. The molecule has 1 aromatic carbocycles. The monoisotopic (exact) mass is 259 g/mol. The summed E-state index contributed by atoms with van der Waals surface area (Å²) in [6, 6.07) is 0. The number of anilines is 1. The minimum Gasteiger partial charge on any atom is -0.394 e. The number of carbonyl (C=O) groups excluding carboxylic acids is 1. The Morgan fingerprint density at radius 1 is 1.11 bits per heavy atom. The topological polar surface area (TPSA) is 60.9 Å². The molecule has 0 saturated carbocycles. The third kappa shape index (κ3) is 1.62. The maximum absolute atomic E-state index is 13.4. The van der Waals surface area contributed by atoms with Crippen LogP contribution in [0.5, 0.6) is 0 Å². The number of nitrogens with zero attached hydrogens (tertiary/aromatic N) is 2.